The summed E-state index contributed by atoms with van der Waals surface area (Å²) >= 11 is 0. The van der Waals surface area contributed by atoms with Crippen molar-refractivity contribution in [3.8, 4) is 0 Å². The van der Waals surface area contributed by atoms with Crippen molar-refractivity contribution in [2.75, 3.05) is 24.5 Å². The van der Waals surface area contributed by atoms with Crippen LogP contribution < -0.4 is 10.2 Å². The van der Waals surface area contributed by atoms with Gasteiger partial charge in [0, 0.05) is 30.3 Å². The van der Waals surface area contributed by atoms with Crippen LogP contribution in [0.3, 0.4) is 0 Å². The van der Waals surface area contributed by atoms with Crippen LogP contribution in [-0.2, 0) is 11.2 Å². The fourth-order valence-corrected chi connectivity index (χ4v) is 3.20. The van der Waals surface area contributed by atoms with E-state index in [0.29, 0.717) is 18.3 Å². The van der Waals surface area contributed by atoms with Crippen molar-refractivity contribution in [3.63, 3.8) is 0 Å². The summed E-state index contributed by atoms with van der Waals surface area (Å²) in [6, 6.07) is 0. The molecule has 1 aromatic rings. The largest absolute Gasteiger partial charge is 0.316 e. The van der Waals surface area contributed by atoms with E-state index in [-0.39, 0.29) is 5.91 Å². The summed E-state index contributed by atoms with van der Waals surface area (Å²) in [5.41, 5.74) is 2.04. The number of hydrogen-bond acceptors (Lipinski definition) is 4. The minimum absolute atomic E-state index is 0.200. The van der Waals surface area contributed by atoms with Crippen molar-refractivity contribution in [2.45, 2.75) is 38.5 Å². The van der Waals surface area contributed by atoms with Gasteiger partial charge in [-0.1, -0.05) is 0 Å². The third-order valence-corrected chi connectivity index (χ3v) is 4.66. The Kier molecular flexibility index (Phi) is 2.77. The number of aryl methyl sites for hydroxylation is 1. The lowest BCUT2D eigenvalue weighted by molar-refractivity contribution is -0.117. The quantitative estimate of drug-likeness (QED) is 0.897. The molecule has 1 unspecified atom stereocenters. The molecule has 20 heavy (non-hydrogen) atoms. The van der Waals surface area contributed by atoms with Crippen LogP contribution in [0.2, 0.25) is 0 Å². The van der Waals surface area contributed by atoms with Crippen LogP contribution in [0.5, 0.6) is 0 Å². The first kappa shape index (κ1) is 12.3. The van der Waals surface area contributed by atoms with Gasteiger partial charge in [-0.25, -0.2) is 9.97 Å². The average Bonchev–Trinajstić information content (AvgIpc) is 2.96. The molecule has 1 aromatic heterocycles. The van der Waals surface area contributed by atoms with E-state index in [9.17, 15) is 4.79 Å². The van der Waals surface area contributed by atoms with Crippen molar-refractivity contribution in [1.29, 1.82) is 0 Å². The number of amides is 1. The van der Waals surface area contributed by atoms with Gasteiger partial charge in [0.15, 0.2) is 0 Å². The standard InChI is InChI=1S/C15H20N4O/c1-9-12-6-13(20)19(8-10-2-3-10)15(12)18-14(17-9)11-4-5-16-7-11/h10-11,16H,2-8H2,1H3. The van der Waals surface area contributed by atoms with E-state index < -0.39 is 0 Å². The van der Waals surface area contributed by atoms with Gasteiger partial charge in [-0.05, 0) is 38.6 Å². The van der Waals surface area contributed by atoms with Gasteiger partial charge in [0.1, 0.15) is 11.6 Å². The van der Waals surface area contributed by atoms with E-state index in [1.54, 1.807) is 0 Å². The molecule has 0 radical (unpaired) electrons. The van der Waals surface area contributed by atoms with E-state index >= 15 is 0 Å². The molecule has 1 saturated carbocycles. The Morgan fingerprint density at radius 3 is 2.85 bits per heavy atom. The number of anilines is 1. The van der Waals surface area contributed by atoms with Crippen molar-refractivity contribution in [2.24, 2.45) is 5.92 Å². The maximum atomic E-state index is 12.2. The predicted molar refractivity (Wildman–Crippen MR) is 75.8 cm³/mol. The Labute approximate surface area is 118 Å². The Morgan fingerprint density at radius 1 is 1.30 bits per heavy atom. The summed E-state index contributed by atoms with van der Waals surface area (Å²) in [6.45, 7) is 4.86. The predicted octanol–water partition coefficient (Wildman–Crippen LogP) is 1.16. The number of rotatable bonds is 3. The highest BCUT2D eigenvalue weighted by Gasteiger charge is 2.36. The molecule has 5 nitrogen and oxygen atoms in total. The number of nitrogens with zero attached hydrogens (tertiary/aromatic N) is 3. The number of nitrogens with one attached hydrogen (secondary N) is 1. The number of fused-ring (bicyclic) bond motifs is 1. The molecule has 1 N–H and O–H groups in total. The van der Waals surface area contributed by atoms with E-state index in [2.05, 4.69) is 10.3 Å². The molecule has 106 valence electrons. The number of carbonyl (C=O) groups is 1. The molecule has 1 amide bonds. The minimum atomic E-state index is 0.200. The number of aromatic nitrogens is 2. The van der Waals surface area contributed by atoms with Gasteiger partial charge < -0.3 is 5.32 Å². The normalized spacial score (nSPS) is 25.4. The fraction of sp³-hybridized carbons (Fsp3) is 0.667. The monoisotopic (exact) mass is 272 g/mol. The lowest BCUT2D eigenvalue weighted by Crippen LogP contribution is -2.29. The molecular formula is C15H20N4O. The minimum Gasteiger partial charge on any atom is -0.316 e. The second-order valence-electron chi connectivity index (χ2n) is 6.28. The molecule has 2 fully saturated rings. The SMILES string of the molecule is Cc1nc(C2CCNC2)nc2c1CC(=O)N2CC1CC1. The zero-order valence-corrected chi connectivity index (χ0v) is 11.9. The molecule has 0 bridgehead atoms. The van der Waals surface area contributed by atoms with Crippen molar-refractivity contribution >= 4 is 11.7 Å². The highest BCUT2D eigenvalue weighted by Crippen LogP contribution is 2.36. The molecule has 3 heterocycles. The summed E-state index contributed by atoms with van der Waals surface area (Å²) in [5, 5.41) is 3.36. The van der Waals surface area contributed by atoms with Crippen LogP contribution in [-0.4, -0.2) is 35.5 Å². The van der Waals surface area contributed by atoms with E-state index in [1.807, 2.05) is 11.8 Å². The second-order valence-corrected chi connectivity index (χ2v) is 6.28. The molecule has 0 spiro atoms. The first-order valence-electron chi connectivity index (χ1n) is 7.61. The zero-order valence-electron chi connectivity index (χ0n) is 11.9. The summed E-state index contributed by atoms with van der Waals surface area (Å²) < 4.78 is 0. The van der Waals surface area contributed by atoms with Crippen LogP contribution >= 0.6 is 0 Å². The van der Waals surface area contributed by atoms with Crippen LogP contribution in [0.25, 0.3) is 0 Å². The van der Waals surface area contributed by atoms with Gasteiger partial charge in [0.05, 0.1) is 6.42 Å². The lowest BCUT2D eigenvalue weighted by atomic mass is 10.1. The van der Waals surface area contributed by atoms with Crippen LogP contribution in [0, 0.1) is 12.8 Å². The molecule has 1 saturated heterocycles. The van der Waals surface area contributed by atoms with E-state index in [1.165, 1.54) is 12.8 Å². The summed E-state index contributed by atoms with van der Waals surface area (Å²) in [5.74, 6) is 3.11. The van der Waals surface area contributed by atoms with Crippen LogP contribution in [0.1, 0.15) is 42.3 Å². The van der Waals surface area contributed by atoms with E-state index in [4.69, 9.17) is 4.98 Å². The Hall–Kier alpha value is -1.49. The van der Waals surface area contributed by atoms with Crippen molar-refractivity contribution < 1.29 is 4.79 Å². The highest BCUT2D eigenvalue weighted by atomic mass is 16.2. The molecule has 1 aliphatic carbocycles. The topological polar surface area (TPSA) is 58.1 Å². The maximum Gasteiger partial charge on any atom is 0.232 e. The van der Waals surface area contributed by atoms with Gasteiger partial charge in [0.25, 0.3) is 0 Å². The Balaban J connectivity index is 1.70. The van der Waals surface area contributed by atoms with Gasteiger partial charge in [-0.3, -0.25) is 9.69 Å². The lowest BCUT2D eigenvalue weighted by Gasteiger charge is -2.18. The molecule has 1 atom stereocenters. The molecule has 3 aliphatic rings. The molecular weight excluding hydrogens is 252 g/mol. The first-order chi connectivity index (χ1) is 9.72. The number of carbonyl (C=O) groups excluding carboxylic acids is 1. The number of hydrogen-bond donors (Lipinski definition) is 1. The van der Waals surface area contributed by atoms with Gasteiger partial charge >= 0.3 is 0 Å². The third kappa shape index (κ3) is 2.00. The average molecular weight is 272 g/mol. The maximum absolute atomic E-state index is 12.2. The Bertz CT molecular complexity index is 561. The van der Waals surface area contributed by atoms with Crippen molar-refractivity contribution in [1.82, 2.24) is 15.3 Å². The smallest absolute Gasteiger partial charge is 0.232 e. The van der Waals surface area contributed by atoms with Gasteiger partial charge in [-0.15, -0.1) is 0 Å². The van der Waals surface area contributed by atoms with Crippen LogP contribution in [0.4, 0.5) is 5.82 Å². The first-order valence-corrected chi connectivity index (χ1v) is 7.61. The highest BCUT2D eigenvalue weighted by molar-refractivity contribution is 6.00. The zero-order chi connectivity index (χ0) is 13.7. The molecule has 2 aliphatic heterocycles. The summed E-state index contributed by atoms with van der Waals surface area (Å²) in [6.07, 6.45) is 4.08. The third-order valence-electron chi connectivity index (χ3n) is 4.66. The molecule has 5 heteroatoms. The van der Waals surface area contributed by atoms with E-state index in [0.717, 1.165) is 49.0 Å². The second kappa shape index (κ2) is 4.52. The van der Waals surface area contributed by atoms with Crippen LogP contribution in [0.15, 0.2) is 0 Å². The Morgan fingerprint density at radius 2 is 2.15 bits per heavy atom. The van der Waals surface area contributed by atoms with Crippen molar-refractivity contribution in [3.05, 3.63) is 17.1 Å². The van der Waals surface area contributed by atoms with Gasteiger partial charge in [0.2, 0.25) is 5.91 Å². The molecule has 0 aromatic carbocycles. The van der Waals surface area contributed by atoms with Gasteiger partial charge in [-0.2, -0.15) is 0 Å². The fourth-order valence-electron chi connectivity index (χ4n) is 3.20. The summed E-state index contributed by atoms with van der Waals surface area (Å²) in [7, 11) is 0. The molecule has 4 rings (SSSR count). The summed E-state index contributed by atoms with van der Waals surface area (Å²) in [4.78, 5) is 23.6.